The van der Waals surface area contributed by atoms with Gasteiger partial charge in [0.05, 0.1) is 12.9 Å². The number of fused-ring (bicyclic) bond motifs is 1. The van der Waals surface area contributed by atoms with Gasteiger partial charge in [-0.25, -0.2) is 4.79 Å². The molecular weight excluding hydrogens is 542 g/mol. The number of nitrogens with zero attached hydrogens (tertiary/aromatic N) is 3. The van der Waals surface area contributed by atoms with Crippen molar-refractivity contribution in [3.8, 4) is 0 Å². The average Bonchev–Trinajstić information content (AvgIpc) is 3.54. The zero-order valence-corrected chi connectivity index (χ0v) is 22.1. The fraction of sp³-hybridized carbons (Fsp3) is 0.440. The number of likely N-dealkylation sites (N-methyl/N-ethyl adjacent to an activating group) is 1. The molecule has 1 atom stereocenters. The van der Waals surface area contributed by atoms with Crippen molar-refractivity contribution in [1.29, 1.82) is 0 Å². The van der Waals surface area contributed by atoms with Gasteiger partial charge in [0.15, 0.2) is 5.69 Å². The molecular formula is C25H31F4N5O6. The van der Waals surface area contributed by atoms with Crippen molar-refractivity contribution in [2.24, 2.45) is 0 Å². The molecule has 0 aliphatic heterocycles. The van der Waals surface area contributed by atoms with Crippen LogP contribution in [0.25, 0.3) is 11.0 Å². The Bertz CT molecular complexity index is 1260. The Labute approximate surface area is 227 Å². The number of benzene rings is 1. The molecule has 0 bridgehead atoms. The number of halogens is 4. The summed E-state index contributed by atoms with van der Waals surface area (Å²) >= 11 is 0. The number of alkyl halides is 3. The molecule has 3 N–H and O–H groups in total. The van der Waals surface area contributed by atoms with Crippen molar-refractivity contribution in [1.82, 2.24) is 25.3 Å². The van der Waals surface area contributed by atoms with Crippen molar-refractivity contribution >= 4 is 28.8 Å². The summed E-state index contributed by atoms with van der Waals surface area (Å²) in [5, 5.41) is 16.8. The van der Waals surface area contributed by atoms with Crippen molar-refractivity contribution in [3.63, 3.8) is 0 Å². The Morgan fingerprint density at radius 2 is 1.88 bits per heavy atom. The maximum Gasteiger partial charge on any atom is 0.490 e. The number of hydrogen-bond acceptors (Lipinski definition) is 7. The Balaban J connectivity index is 0.000000708. The number of carboxylic acid groups (broad SMARTS) is 1. The number of carboxylic acids is 1. The summed E-state index contributed by atoms with van der Waals surface area (Å²) in [7, 11) is 3.51. The summed E-state index contributed by atoms with van der Waals surface area (Å²) in [5.41, 5.74) is 1.63. The summed E-state index contributed by atoms with van der Waals surface area (Å²) in [6.07, 6.45) is -2.85. The predicted octanol–water partition coefficient (Wildman–Crippen LogP) is 3.22. The smallest absolute Gasteiger partial charge is 0.475 e. The average molecular weight is 574 g/mol. The number of hydrogen-bond donors (Lipinski definition) is 3. The van der Waals surface area contributed by atoms with Crippen LogP contribution >= 0.6 is 0 Å². The highest BCUT2D eigenvalue weighted by atomic mass is 19.4. The third-order valence-electron chi connectivity index (χ3n) is 5.59. The number of aromatic nitrogens is 2. The third-order valence-corrected chi connectivity index (χ3v) is 5.59. The van der Waals surface area contributed by atoms with E-state index in [9.17, 15) is 27.2 Å². The number of carbonyl (C=O) groups excluding carboxylic acids is 2. The maximum absolute atomic E-state index is 13.1. The van der Waals surface area contributed by atoms with Crippen LogP contribution in [0.5, 0.6) is 0 Å². The van der Waals surface area contributed by atoms with Gasteiger partial charge in [0.25, 0.3) is 5.91 Å². The Morgan fingerprint density at radius 1 is 1.18 bits per heavy atom. The first kappa shape index (κ1) is 32.2. The van der Waals surface area contributed by atoms with Crippen LogP contribution in [0.4, 0.5) is 17.6 Å². The maximum atomic E-state index is 13.1. The summed E-state index contributed by atoms with van der Waals surface area (Å²) in [5.74, 6) is -3.91. The van der Waals surface area contributed by atoms with E-state index >= 15 is 0 Å². The molecule has 15 heteroatoms. The molecule has 0 aliphatic rings. The number of H-pyrrole nitrogens is 1. The molecule has 0 saturated carbocycles. The van der Waals surface area contributed by atoms with Crippen LogP contribution in [-0.2, 0) is 14.3 Å². The number of furan rings is 1. The lowest BCUT2D eigenvalue weighted by Gasteiger charge is -2.28. The topological polar surface area (TPSA) is 141 Å². The molecule has 220 valence electrons. The molecule has 0 radical (unpaired) electrons. The van der Waals surface area contributed by atoms with E-state index in [1.807, 2.05) is 43.1 Å². The van der Waals surface area contributed by atoms with Crippen LogP contribution in [0, 0.1) is 5.95 Å². The second-order valence-corrected chi connectivity index (χ2v) is 8.57. The quantitative estimate of drug-likeness (QED) is 0.222. The van der Waals surface area contributed by atoms with Gasteiger partial charge in [-0.3, -0.25) is 19.6 Å². The highest BCUT2D eigenvalue weighted by molar-refractivity contribution is 5.92. The normalized spacial score (nSPS) is 12.1. The highest BCUT2D eigenvalue weighted by Gasteiger charge is 2.38. The van der Waals surface area contributed by atoms with E-state index in [1.165, 1.54) is 4.90 Å². The number of carbonyl (C=O) groups is 3. The van der Waals surface area contributed by atoms with Crippen LogP contribution in [0.15, 0.2) is 41.0 Å². The van der Waals surface area contributed by atoms with Gasteiger partial charge in [-0.1, -0.05) is 6.07 Å². The van der Waals surface area contributed by atoms with Gasteiger partial charge in [0.1, 0.15) is 11.6 Å². The molecule has 40 heavy (non-hydrogen) atoms. The van der Waals surface area contributed by atoms with E-state index in [4.69, 9.17) is 19.1 Å². The Hall–Kier alpha value is -3.98. The van der Waals surface area contributed by atoms with Gasteiger partial charge in [-0.05, 0) is 44.2 Å². The molecule has 2 heterocycles. The standard InChI is InChI=1S/C23H30FN5O4.C2HF3O2/c1-4-32-13-9-25-22(30)21(17-6-7-19-16(14-17)8-12-33-19)28(2)10-5-11-29(3)23(31)18-15-20(24)27-26-18;3-2(4,5)1(6)7/h6-8,12,14-15,21H,4-5,9-11,13H2,1-3H3,(H,25,30)(H,26,27);(H,6,7). The van der Waals surface area contributed by atoms with Crippen LogP contribution in [0.1, 0.15) is 35.4 Å². The minimum absolute atomic E-state index is 0.0309. The number of ether oxygens (including phenoxy) is 1. The van der Waals surface area contributed by atoms with E-state index in [-0.39, 0.29) is 17.5 Å². The van der Waals surface area contributed by atoms with E-state index in [1.54, 1.807) is 13.3 Å². The number of rotatable bonds is 12. The number of aromatic amines is 1. The molecule has 0 aliphatic carbocycles. The minimum Gasteiger partial charge on any atom is -0.475 e. The molecule has 11 nitrogen and oxygen atoms in total. The van der Waals surface area contributed by atoms with Crippen molar-refractivity contribution in [3.05, 3.63) is 53.8 Å². The summed E-state index contributed by atoms with van der Waals surface area (Å²) in [6, 6.07) is 8.10. The predicted molar refractivity (Wildman–Crippen MR) is 135 cm³/mol. The van der Waals surface area contributed by atoms with E-state index < -0.39 is 24.1 Å². The molecule has 0 spiro atoms. The molecule has 2 amide bonds. The highest BCUT2D eigenvalue weighted by Crippen LogP contribution is 2.25. The van der Waals surface area contributed by atoms with Gasteiger partial charge in [0, 0.05) is 44.7 Å². The van der Waals surface area contributed by atoms with Crippen LogP contribution in [-0.4, -0.2) is 96.0 Å². The summed E-state index contributed by atoms with van der Waals surface area (Å²) < 4.78 is 55.6. The Morgan fingerprint density at radius 3 is 2.48 bits per heavy atom. The second-order valence-electron chi connectivity index (χ2n) is 8.57. The molecule has 1 aromatic carbocycles. The largest absolute Gasteiger partial charge is 0.490 e. The first-order chi connectivity index (χ1) is 18.8. The fourth-order valence-electron chi connectivity index (χ4n) is 3.64. The lowest BCUT2D eigenvalue weighted by atomic mass is 10.0. The van der Waals surface area contributed by atoms with Gasteiger partial charge < -0.3 is 24.5 Å². The monoisotopic (exact) mass is 573 g/mol. The van der Waals surface area contributed by atoms with E-state index in [0.29, 0.717) is 39.3 Å². The first-order valence-electron chi connectivity index (χ1n) is 12.1. The molecule has 0 fully saturated rings. The van der Waals surface area contributed by atoms with Gasteiger partial charge in [-0.2, -0.15) is 22.7 Å². The van der Waals surface area contributed by atoms with Crippen molar-refractivity contribution in [2.75, 3.05) is 46.9 Å². The second kappa shape index (κ2) is 15.0. The zero-order chi connectivity index (χ0) is 29.9. The molecule has 1 unspecified atom stereocenters. The lowest BCUT2D eigenvalue weighted by molar-refractivity contribution is -0.192. The Kier molecular flexibility index (Phi) is 12.1. The summed E-state index contributed by atoms with van der Waals surface area (Å²) in [4.78, 5) is 37.7. The summed E-state index contributed by atoms with van der Waals surface area (Å²) in [6.45, 7) is 4.34. The zero-order valence-electron chi connectivity index (χ0n) is 22.1. The van der Waals surface area contributed by atoms with Crippen LogP contribution < -0.4 is 5.32 Å². The number of aliphatic carboxylic acids is 1. The van der Waals surface area contributed by atoms with Gasteiger partial charge >= 0.3 is 12.1 Å². The van der Waals surface area contributed by atoms with E-state index in [2.05, 4.69) is 15.5 Å². The van der Waals surface area contributed by atoms with Gasteiger partial charge in [0.2, 0.25) is 11.9 Å². The molecule has 0 saturated heterocycles. The molecule has 2 aromatic heterocycles. The van der Waals surface area contributed by atoms with Crippen LogP contribution in [0.3, 0.4) is 0 Å². The first-order valence-corrected chi connectivity index (χ1v) is 12.1. The molecule has 3 aromatic rings. The van der Waals surface area contributed by atoms with Crippen LogP contribution in [0.2, 0.25) is 0 Å². The SMILES string of the molecule is CCOCCNC(=O)C(c1ccc2occc2c1)N(C)CCCN(C)C(=O)c1cc(F)[nH]n1.O=C(O)C(F)(F)F. The third kappa shape index (κ3) is 9.64. The fourth-order valence-corrected chi connectivity index (χ4v) is 3.64. The lowest BCUT2D eigenvalue weighted by Crippen LogP contribution is -2.41. The van der Waals surface area contributed by atoms with E-state index in [0.717, 1.165) is 22.6 Å². The number of amides is 2. The van der Waals surface area contributed by atoms with Crippen molar-refractivity contribution < 1.29 is 46.2 Å². The van der Waals surface area contributed by atoms with Gasteiger partial charge in [-0.15, -0.1) is 0 Å². The van der Waals surface area contributed by atoms with Crippen molar-refractivity contribution in [2.45, 2.75) is 25.6 Å². The minimum atomic E-state index is -5.08. The number of nitrogens with one attached hydrogen (secondary N) is 2. The molecule has 3 rings (SSSR count).